The van der Waals surface area contributed by atoms with E-state index < -0.39 is 0 Å². The zero-order valence-electron chi connectivity index (χ0n) is 24.7. The first-order valence-electron chi connectivity index (χ1n) is 15.1. The largest absolute Gasteiger partial charge is 0.318 e. The quantitative estimate of drug-likeness (QED) is 0.236. The van der Waals surface area contributed by atoms with Crippen molar-refractivity contribution in [1.29, 1.82) is 0 Å². The second kappa shape index (κ2) is 12.9. The lowest BCUT2D eigenvalue weighted by molar-refractivity contribution is 0.218. The van der Waals surface area contributed by atoms with Crippen molar-refractivity contribution in [3.05, 3.63) is 93.1 Å². The van der Waals surface area contributed by atoms with Crippen LogP contribution in [0.2, 0.25) is 0 Å². The first-order chi connectivity index (χ1) is 20.4. The van der Waals surface area contributed by atoms with E-state index in [1.807, 2.05) is 43.7 Å². The summed E-state index contributed by atoms with van der Waals surface area (Å²) in [6.07, 6.45) is 18.1. The summed E-state index contributed by atoms with van der Waals surface area (Å²) in [5.41, 5.74) is 7.47. The number of pyridine rings is 3. The number of nitrogens with zero attached hydrogens (tertiary/aromatic N) is 7. The summed E-state index contributed by atoms with van der Waals surface area (Å²) in [6.45, 7) is 8.61. The summed E-state index contributed by atoms with van der Waals surface area (Å²) in [5.74, 6) is 0. The lowest BCUT2D eigenvalue weighted by Crippen LogP contribution is -2.29. The Hall–Kier alpha value is -3.27. The van der Waals surface area contributed by atoms with Crippen LogP contribution in [0, 0.1) is 6.92 Å². The van der Waals surface area contributed by atoms with Crippen molar-refractivity contribution in [2.24, 2.45) is 7.05 Å². The molecule has 5 aromatic rings. The summed E-state index contributed by atoms with van der Waals surface area (Å²) in [7, 11) is 1.80. The van der Waals surface area contributed by atoms with Crippen molar-refractivity contribution >= 4 is 27.2 Å². The molecule has 220 valence electrons. The number of hydrogen-bond acceptors (Lipinski definition) is 5. The van der Waals surface area contributed by atoms with Gasteiger partial charge in [0.25, 0.3) is 5.56 Å². The highest BCUT2D eigenvalue weighted by molar-refractivity contribution is 9.10. The maximum atomic E-state index is 11.9. The highest BCUT2D eigenvalue weighted by atomic mass is 79.9. The molecule has 0 amide bonds. The van der Waals surface area contributed by atoms with Gasteiger partial charge < -0.3 is 13.4 Å². The fourth-order valence-corrected chi connectivity index (χ4v) is 6.51. The maximum Gasteiger partial charge on any atom is 0.253 e. The summed E-state index contributed by atoms with van der Waals surface area (Å²) < 4.78 is 7.11. The number of hydrogen-bond donors (Lipinski definition) is 0. The summed E-state index contributed by atoms with van der Waals surface area (Å²) in [4.78, 5) is 26.0. The van der Waals surface area contributed by atoms with Gasteiger partial charge in [0.2, 0.25) is 0 Å². The van der Waals surface area contributed by atoms with Crippen LogP contribution in [0.5, 0.6) is 0 Å². The van der Waals surface area contributed by atoms with Crippen LogP contribution >= 0.6 is 15.9 Å². The van der Waals surface area contributed by atoms with Gasteiger partial charge >= 0.3 is 0 Å². The van der Waals surface area contributed by atoms with Gasteiger partial charge in [-0.05, 0) is 116 Å². The van der Waals surface area contributed by atoms with E-state index in [0.717, 1.165) is 45.5 Å². The number of piperidine rings is 2. The molecule has 0 spiro atoms. The van der Waals surface area contributed by atoms with Gasteiger partial charge in [0, 0.05) is 48.8 Å². The number of aryl methyl sites for hydroxylation is 2. The minimum atomic E-state index is 0.0539. The van der Waals surface area contributed by atoms with Crippen LogP contribution in [0.4, 0.5) is 0 Å². The molecule has 2 fully saturated rings. The van der Waals surface area contributed by atoms with Crippen LogP contribution in [-0.4, -0.2) is 59.3 Å². The number of likely N-dealkylation sites (tertiary alicyclic amines) is 2. The monoisotopic (exact) mass is 629 g/mol. The summed E-state index contributed by atoms with van der Waals surface area (Å²) >= 11 is 3.51. The highest BCUT2D eigenvalue weighted by Gasteiger charge is 2.15. The van der Waals surface area contributed by atoms with Gasteiger partial charge in [0.1, 0.15) is 11.3 Å². The van der Waals surface area contributed by atoms with E-state index in [9.17, 15) is 4.79 Å². The minimum absolute atomic E-state index is 0.0539. The van der Waals surface area contributed by atoms with Crippen LogP contribution in [0.1, 0.15) is 55.5 Å². The van der Waals surface area contributed by atoms with Gasteiger partial charge in [-0.3, -0.25) is 14.6 Å². The van der Waals surface area contributed by atoms with Crippen molar-refractivity contribution in [3.8, 4) is 11.1 Å². The van der Waals surface area contributed by atoms with Crippen LogP contribution in [0.15, 0.2) is 70.6 Å². The molecule has 0 saturated carbocycles. The Kier molecular flexibility index (Phi) is 8.88. The first-order valence-corrected chi connectivity index (χ1v) is 15.9. The Labute approximate surface area is 255 Å². The third-order valence-corrected chi connectivity index (χ3v) is 8.96. The molecule has 2 saturated heterocycles. The van der Waals surface area contributed by atoms with E-state index in [1.54, 1.807) is 11.6 Å². The van der Waals surface area contributed by atoms with Crippen LogP contribution in [0.25, 0.3) is 22.4 Å². The molecular weight excluding hydrogens is 590 g/mol. The Morgan fingerprint density at radius 2 is 1.26 bits per heavy atom. The SMILES string of the molecule is Brc1ccc2ncc(CN3CCCCC3)n2c1.Cc1cc(-c2ccc3ncc(CN4CCCCC4)n3c2)cn(C)c1=O. The smallest absolute Gasteiger partial charge is 0.253 e. The lowest BCUT2D eigenvalue weighted by atomic mass is 10.1. The predicted molar refractivity (Wildman–Crippen MR) is 172 cm³/mol. The third-order valence-electron chi connectivity index (χ3n) is 8.49. The topological polar surface area (TPSA) is 63.1 Å². The number of halogens is 1. The van der Waals surface area contributed by atoms with E-state index >= 15 is 0 Å². The number of rotatable bonds is 5. The Morgan fingerprint density at radius 3 is 1.83 bits per heavy atom. The standard InChI is InChI=1S/C20H24N4O.C13H16BrN3/c1-15-10-17(12-22(2)20(15)25)16-6-7-19-21-11-18(24(19)13-16)14-23-8-4-3-5-9-23;14-11-4-5-13-15-8-12(17(13)9-11)10-16-6-2-1-3-7-16/h6-7,10-13H,3-5,8-9,14H2,1-2H3;4-5,8-9H,1-3,6-7,10H2. The van der Waals surface area contributed by atoms with Crippen molar-refractivity contribution < 1.29 is 0 Å². The minimum Gasteiger partial charge on any atom is -0.318 e. The highest BCUT2D eigenvalue weighted by Crippen LogP contribution is 2.22. The van der Waals surface area contributed by atoms with Crippen LogP contribution < -0.4 is 5.56 Å². The molecule has 9 heteroatoms. The van der Waals surface area contributed by atoms with Crippen LogP contribution in [0.3, 0.4) is 0 Å². The number of aromatic nitrogens is 5. The Balaban J connectivity index is 0.000000162. The Bertz CT molecular complexity index is 1700. The maximum absolute atomic E-state index is 11.9. The van der Waals surface area contributed by atoms with Crippen molar-refractivity contribution in [1.82, 2.24) is 33.1 Å². The van der Waals surface area contributed by atoms with Crippen molar-refractivity contribution in [2.45, 2.75) is 58.5 Å². The fraction of sp³-hybridized carbons (Fsp3) is 0.424. The molecule has 0 aromatic carbocycles. The second-order valence-electron chi connectivity index (χ2n) is 11.7. The average Bonchev–Trinajstić information content (AvgIpc) is 3.60. The van der Waals surface area contributed by atoms with Crippen LogP contribution in [-0.2, 0) is 20.1 Å². The van der Waals surface area contributed by atoms with Gasteiger partial charge in [-0.25, -0.2) is 9.97 Å². The molecule has 2 aliphatic heterocycles. The molecular formula is C33H40BrN7O. The normalized spacial score (nSPS) is 16.5. The third kappa shape index (κ3) is 6.53. The van der Waals surface area contributed by atoms with E-state index in [2.05, 4.69) is 69.0 Å². The molecule has 7 rings (SSSR count). The van der Waals surface area contributed by atoms with Gasteiger partial charge in [-0.2, -0.15) is 0 Å². The number of imidazole rings is 2. The van der Waals surface area contributed by atoms with Gasteiger partial charge in [0.15, 0.2) is 0 Å². The Morgan fingerprint density at radius 1 is 0.714 bits per heavy atom. The van der Waals surface area contributed by atoms with E-state index in [4.69, 9.17) is 0 Å². The molecule has 7 heterocycles. The van der Waals surface area contributed by atoms with Gasteiger partial charge in [-0.15, -0.1) is 0 Å². The predicted octanol–water partition coefficient (Wildman–Crippen LogP) is 6.08. The zero-order valence-corrected chi connectivity index (χ0v) is 26.3. The lowest BCUT2D eigenvalue weighted by Gasteiger charge is -2.26. The van der Waals surface area contributed by atoms with Gasteiger partial charge in [0.05, 0.1) is 23.8 Å². The fourth-order valence-electron chi connectivity index (χ4n) is 6.17. The second-order valence-corrected chi connectivity index (χ2v) is 12.6. The molecule has 0 bridgehead atoms. The van der Waals surface area contributed by atoms with E-state index in [0.29, 0.717) is 0 Å². The molecule has 5 aromatic heterocycles. The number of fused-ring (bicyclic) bond motifs is 2. The summed E-state index contributed by atoms with van der Waals surface area (Å²) in [6, 6.07) is 10.2. The van der Waals surface area contributed by atoms with Crippen molar-refractivity contribution in [3.63, 3.8) is 0 Å². The molecule has 8 nitrogen and oxygen atoms in total. The molecule has 2 aliphatic rings. The molecule has 0 unspecified atom stereocenters. The molecule has 0 atom stereocenters. The van der Waals surface area contributed by atoms with Crippen molar-refractivity contribution in [2.75, 3.05) is 26.2 Å². The first kappa shape index (κ1) is 28.8. The molecule has 42 heavy (non-hydrogen) atoms. The van der Waals surface area contributed by atoms with E-state index in [1.165, 1.54) is 76.1 Å². The average molecular weight is 631 g/mol. The molecule has 0 N–H and O–H groups in total. The summed E-state index contributed by atoms with van der Waals surface area (Å²) in [5, 5.41) is 0. The van der Waals surface area contributed by atoms with Gasteiger partial charge in [-0.1, -0.05) is 12.8 Å². The zero-order chi connectivity index (χ0) is 29.1. The molecule has 0 radical (unpaired) electrons. The van der Waals surface area contributed by atoms with E-state index in [-0.39, 0.29) is 5.56 Å². The molecule has 0 aliphatic carbocycles.